The monoisotopic (exact) mass is 215 g/mol. The van der Waals surface area contributed by atoms with Gasteiger partial charge in [0.15, 0.2) is 0 Å². The number of carbonyl (C=O) groups excluding carboxylic acids is 1. The summed E-state index contributed by atoms with van der Waals surface area (Å²) in [5, 5.41) is 10.8. The molecule has 16 heavy (non-hydrogen) atoms. The molecular weight excluding hydrogens is 202 g/mol. The van der Waals surface area contributed by atoms with Gasteiger partial charge in [0.25, 0.3) is 0 Å². The van der Waals surface area contributed by atoms with E-state index in [0.29, 0.717) is 0 Å². The first kappa shape index (κ1) is 10.8. The number of para-hydroxylation sites is 1. The highest BCUT2D eigenvalue weighted by Crippen LogP contribution is 2.25. The molecule has 0 aliphatic heterocycles. The van der Waals surface area contributed by atoms with Crippen molar-refractivity contribution in [3.8, 4) is 0 Å². The summed E-state index contributed by atoms with van der Waals surface area (Å²) in [5.74, 6) is 0. The van der Waals surface area contributed by atoms with E-state index in [1.807, 2.05) is 37.3 Å². The van der Waals surface area contributed by atoms with Gasteiger partial charge in [-0.1, -0.05) is 18.2 Å². The Morgan fingerprint density at radius 2 is 2.19 bits per heavy atom. The maximum absolute atomic E-state index is 10.4. The molecule has 0 amide bonds. The molecule has 0 saturated carbocycles. The third-order valence-corrected chi connectivity index (χ3v) is 2.55. The molecule has 1 atom stereocenters. The van der Waals surface area contributed by atoms with Crippen molar-refractivity contribution in [1.82, 2.24) is 4.98 Å². The van der Waals surface area contributed by atoms with Crippen LogP contribution in [0.2, 0.25) is 0 Å². The van der Waals surface area contributed by atoms with Crippen molar-refractivity contribution in [2.24, 2.45) is 0 Å². The maximum Gasteiger partial charge on any atom is 0.122 e. The highest BCUT2D eigenvalue weighted by molar-refractivity contribution is 5.83. The lowest BCUT2D eigenvalue weighted by atomic mass is 10.0. The molecular formula is C13H13NO2. The van der Waals surface area contributed by atoms with Crippen molar-refractivity contribution in [2.75, 3.05) is 0 Å². The number of nitrogens with zero attached hydrogens (tertiary/aromatic N) is 1. The van der Waals surface area contributed by atoms with E-state index in [1.54, 1.807) is 0 Å². The normalized spacial score (nSPS) is 12.6. The summed E-state index contributed by atoms with van der Waals surface area (Å²) >= 11 is 0. The molecule has 0 aliphatic carbocycles. The summed E-state index contributed by atoms with van der Waals surface area (Å²) in [6, 6.07) is 9.45. The van der Waals surface area contributed by atoms with E-state index in [2.05, 4.69) is 4.98 Å². The molecule has 0 radical (unpaired) electrons. The fourth-order valence-electron chi connectivity index (χ4n) is 1.83. The van der Waals surface area contributed by atoms with Crippen LogP contribution in [0.4, 0.5) is 0 Å². The molecule has 0 bridgehead atoms. The van der Waals surface area contributed by atoms with Gasteiger partial charge >= 0.3 is 0 Å². The number of fused-ring (bicyclic) bond motifs is 1. The van der Waals surface area contributed by atoms with Crippen LogP contribution >= 0.6 is 0 Å². The average Bonchev–Trinajstić information content (AvgIpc) is 2.28. The van der Waals surface area contributed by atoms with Gasteiger partial charge in [-0.25, -0.2) is 0 Å². The van der Waals surface area contributed by atoms with E-state index >= 15 is 0 Å². The summed E-state index contributed by atoms with van der Waals surface area (Å²) in [5.41, 5.74) is 2.47. The number of aromatic nitrogens is 1. The van der Waals surface area contributed by atoms with E-state index in [1.165, 1.54) is 0 Å². The zero-order chi connectivity index (χ0) is 11.5. The molecule has 0 saturated heterocycles. The minimum Gasteiger partial charge on any atom is -0.388 e. The first-order valence-electron chi connectivity index (χ1n) is 5.20. The lowest BCUT2D eigenvalue weighted by molar-refractivity contribution is -0.109. The fraction of sp³-hybridized carbons (Fsp3) is 0.231. The molecule has 0 aliphatic rings. The quantitative estimate of drug-likeness (QED) is 0.798. The Labute approximate surface area is 93.7 Å². The Morgan fingerprint density at radius 1 is 1.44 bits per heavy atom. The van der Waals surface area contributed by atoms with E-state index in [9.17, 15) is 9.90 Å². The predicted octanol–water partition coefficient (Wildman–Crippen LogP) is 2.17. The fourth-order valence-corrected chi connectivity index (χ4v) is 1.83. The zero-order valence-corrected chi connectivity index (χ0v) is 9.05. The molecule has 1 aromatic heterocycles. The molecule has 2 aromatic rings. The summed E-state index contributed by atoms with van der Waals surface area (Å²) in [6.07, 6.45) is 0.104. The van der Waals surface area contributed by atoms with Crippen LogP contribution in [0.5, 0.6) is 0 Å². The number of rotatable bonds is 3. The summed E-state index contributed by atoms with van der Waals surface area (Å²) < 4.78 is 0. The van der Waals surface area contributed by atoms with Gasteiger partial charge in [-0.05, 0) is 24.6 Å². The molecule has 1 aromatic carbocycles. The molecule has 3 heteroatoms. The van der Waals surface area contributed by atoms with Crippen molar-refractivity contribution >= 4 is 17.2 Å². The Hall–Kier alpha value is -1.74. The van der Waals surface area contributed by atoms with Gasteiger partial charge in [0, 0.05) is 17.5 Å². The molecule has 82 valence electrons. The van der Waals surface area contributed by atoms with Crippen LogP contribution in [0.25, 0.3) is 10.9 Å². The molecule has 2 rings (SSSR count). The second-order valence-electron chi connectivity index (χ2n) is 3.79. The minimum absolute atomic E-state index is 0.118. The average molecular weight is 215 g/mol. The maximum atomic E-state index is 10.4. The van der Waals surface area contributed by atoms with Crippen molar-refractivity contribution in [1.29, 1.82) is 0 Å². The minimum atomic E-state index is -0.746. The highest BCUT2D eigenvalue weighted by Gasteiger charge is 2.11. The molecule has 0 fully saturated rings. The highest BCUT2D eigenvalue weighted by atomic mass is 16.3. The first-order valence-corrected chi connectivity index (χ1v) is 5.20. The molecule has 1 N–H and O–H groups in total. The summed E-state index contributed by atoms with van der Waals surface area (Å²) in [4.78, 5) is 14.8. The van der Waals surface area contributed by atoms with Crippen LogP contribution in [-0.4, -0.2) is 16.4 Å². The van der Waals surface area contributed by atoms with Crippen LogP contribution < -0.4 is 0 Å². The molecule has 0 spiro atoms. The van der Waals surface area contributed by atoms with E-state index in [-0.39, 0.29) is 6.42 Å². The Kier molecular flexibility index (Phi) is 2.97. The predicted molar refractivity (Wildman–Crippen MR) is 62.1 cm³/mol. The number of aryl methyl sites for hydroxylation is 1. The van der Waals surface area contributed by atoms with Crippen LogP contribution in [-0.2, 0) is 4.79 Å². The zero-order valence-electron chi connectivity index (χ0n) is 9.05. The van der Waals surface area contributed by atoms with Gasteiger partial charge in [0.2, 0.25) is 0 Å². The number of benzene rings is 1. The van der Waals surface area contributed by atoms with Gasteiger partial charge in [-0.15, -0.1) is 0 Å². The van der Waals surface area contributed by atoms with Gasteiger partial charge in [-0.3, -0.25) is 4.98 Å². The standard InChI is InChI=1S/C13H13NO2/c1-9-8-11(13(16)6-7-15)10-4-2-3-5-12(10)14-9/h2-5,7-8,13,16H,6H2,1H3. The topological polar surface area (TPSA) is 50.2 Å². The second-order valence-corrected chi connectivity index (χ2v) is 3.79. The number of hydrogen-bond donors (Lipinski definition) is 1. The number of aliphatic hydroxyl groups excluding tert-OH is 1. The van der Waals surface area contributed by atoms with Crippen LogP contribution in [0, 0.1) is 6.92 Å². The Bertz CT molecular complexity index is 522. The number of carbonyl (C=O) groups is 1. The summed E-state index contributed by atoms with van der Waals surface area (Å²) in [6.45, 7) is 1.88. The second kappa shape index (κ2) is 4.41. The third-order valence-electron chi connectivity index (χ3n) is 2.55. The molecule has 3 nitrogen and oxygen atoms in total. The van der Waals surface area contributed by atoms with Gasteiger partial charge in [-0.2, -0.15) is 0 Å². The van der Waals surface area contributed by atoms with Crippen LogP contribution in [0.3, 0.4) is 0 Å². The van der Waals surface area contributed by atoms with E-state index in [0.717, 1.165) is 28.4 Å². The van der Waals surface area contributed by atoms with E-state index < -0.39 is 6.10 Å². The van der Waals surface area contributed by atoms with Crippen molar-refractivity contribution in [3.05, 3.63) is 41.6 Å². The van der Waals surface area contributed by atoms with Crippen molar-refractivity contribution in [3.63, 3.8) is 0 Å². The SMILES string of the molecule is Cc1cc(C(O)CC=O)c2ccccc2n1. The van der Waals surface area contributed by atoms with Crippen LogP contribution in [0.1, 0.15) is 23.8 Å². The van der Waals surface area contributed by atoms with E-state index in [4.69, 9.17) is 0 Å². The lowest BCUT2D eigenvalue weighted by Crippen LogP contribution is -2.01. The van der Waals surface area contributed by atoms with Crippen LogP contribution in [0.15, 0.2) is 30.3 Å². The van der Waals surface area contributed by atoms with Gasteiger partial charge in [0.1, 0.15) is 6.29 Å². The summed E-state index contributed by atoms with van der Waals surface area (Å²) in [7, 11) is 0. The largest absolute Gasteiger partial charge is 0.388 e. The van der Waals surface area contributed by atoms with Gasteiger partial charge in [0.05, 0.1) is 11.6 Å². The molecule has 1 unspecified atom stereocenters. The van der Waals surface area contributed by atoms with Crippen molar-refractivity contribution < 1.29 is 9.90 Å². The first-order chi connectivity index (χ1) is 7.72. The van der Waals surface area contributed by atoms with Gasteiger partial charge < -0.3 is 9.90 Å². The number of aldehydes is 1. The Morgan fingerprint density at radius 3 is 2.94 bits per heavy atom. The Balaban J connectivity index is 2.62. The number of hydrogen-bond acceptors (Lipinski definition) is 3. The number of aliphatic hydroxyl groups is 1. The third kappa shape index (κ3) is 1.95. The smallest absolute Gasteiger partial charge is 0.122 e. The lowest BCUT2D eigenvalue weighted by Gasteiger charge is -2.11. The number of pyridine rings is 1. The molecule has 1 heterocycles. The van der Waals surface area contributed by atoms with Crippen molar-refractivity contribution in [2.45, 2.75) is 19.4 Å².